The Kier molecular flexibility index (Phi) is 47.0. The normalized spacial score (nSPS) is 12.9. The second-order valence-corrected chi connectivity index (χ2v) is 16.5. The van der Waals surface area contributed by atoms with Crippen molar-refractivity contribution in [1.29, 1.82) is 0 Å². The maximum Gasteiger partial charge on any atom is 0.306 e. The summed E-state index contributed by atoms with van der Waals surface area (Å²) in [6.45, 7) is 6.39. The predicted molar refractivity (Wildman–Crippen MR) is 265 cm³/mol. The Morgan fingerprint density at radius 3 is 1.11 bits per heavy atom. The molecule has 0 heterocycles. The van der Waals surface area contributed by atoms with Gasteiger partial charge >= 0.3 is 17.9 Å². The van der Waals surface area contributed by atoms with Gasteiger partial charge in [0.15, 0.2) is 6.10 Å². The molecule has 0 radical (unpaired) electrons. The summed E-state index contributed by atoms with van der Waals surface area (Å²) in [5.74, 6) is -0.987. The van der Waals surface area contributed by atoms with Crippen molar-refractivity contribution in [3.05, 3.63) is 97.2 Å². The molecule has 0 aliphatic carbocycles. The zero-order valence-corrected chi connectivity index (χ0v) is 40.1. The van der Waals surface area contributed by atoms with Gasteiger partial charge in [0.1, 0.15) is 13.2 Å². The second kappa shape index (κ2) is 50.0. The van der Waals surface area contributed by atoms with Gasteiger partial charge in [-0.15, -0.1) is 0 Å². The number of carbonyl (C=O) groups excluding carboxylic acids is 3. The van der Waals surface area contributed by atoms with E-state index >= 15 is 0 Å². The fourth-order valence-electron chi connectivity index (χ4n) is 6.72. The Morgan fingerprint density at radius 2 is 0.661 bits per heavy atom. The Balaban J connectivity index is 4.45. The van der Waals surface area contributed by atoms with Gasteiger partial charge in [-0.3, -0.25) is 14.4 Å². The number of hydrogen-bond acceptors (Lipinski definition) is 6. The van der Waals surface area contributed by atoms with Crippen molar-refractivity contribution >= 4 is 17.9 Å². The molecular weight excluding hydrogens is 769 g/mol. The van der Waals surface area contributed by atoms with Crippen LogP contribution in [0.4, 0.5) is 0 Å². The van der Waals surface area contributed by atoms with E-state index in [2.05, 4.69) is 45.1 Å². The van der Waals surface area contributed by atoms with E-state index in [4.69, 9.17) is 14.2 Å². The summed E-state index contributed by atoms with van der Waals surface area (Å²) in [4.78, 5) is 37.8. The number of allylic oxidation sites excluding steroid dienone is 16. The van der Waals surface area contributed by atoms with E-state index in [0.29, 0.717) is 25.7 Å². The molecule has 0 saturated carbocycles. The van der Waals surface area contributed by atoms with Gasteiger partial charge in [0.2, 0.25) is 0 Å². The molecule has 0 aliphatic heterocycles. The summed E-state index contributed by atoms with van der Waals surface area (Å²) in [6.07, 6.45) is 65.4. The molecule has 0 aromatic rings. The number of ether oxygens (including phenoxy) is 3. The van der Waals surface area contributed by atoms with E-state index in [-0.39, 0.29) is 31.1 Å². The van der Waals surface area contributed by atoms with Crippen LogP contribution in [0, 0.1) is 0 Å². The molecule has 0 N–H and O–H groups in total. The maximum absolute atomic E-state index is 12.8. The molecule has 0 saturated heterocycles. The van der Waals surface area contributed by atoms with Gasteiger partial charge in [-0.05, 0) is 57.8 Å². The molecule has 0 fully saturated rings. The Bertz CT molecular complexity index is 1260. The lowest BCUT2D eigenvalue weighted by Crippen LogP contribution is -2.30. The molecule has 352 valence electrons. The highest BCUT2D eigenvalue weighted by Crippen LogP contribution is 2.15. The molecule has 0 rings (SSSR count). The molecule has 62 heavy (non-hydrogen) atoms. The van der Waals surface area contributed by atoms with Crippen molar-refractivity contribution in [2.24, 2.45) is 0 Å². The van der Waals surface area contributed by atoms with E-state index in [0.717, 1.165) is 64.2 Å². The van der Waals surface area contributed by atoms with Crippen LogP contribution >= 0.6 is 0 Å². The highest BCUT2D eigenvalue weighted by Gasteiger charge is 2.19. The van der Waals surface area contributed by atoms with Crippen molar-refractivity contribution in [2.75, 3.05) is 13.2 Å². The number of unbranched alkanes of at least 4 members (excludes halogenated alkanes) is 23. The average Bonchev–Trinajstić information content (AvgIpc) is 3.27. The monoisotopic (exact) mass is 861 g/mol. The molecule has 6 heteroatoms. The molecule has 0 spiro atoms. The van der Waals surface area contributed by atoms with Crippen molar-refractivity contribution in [2.45, 2.75) is 226 Å². The molecule has 0 bridgehead atoms. The van der Waals surface area contributed by atoms with Crippen molar-refractivity contribution in [3.8, 4) is 0 Å². The van der Waals surface area contributed by atoms with Crippen LogP contribution in [0.2, 0.25) is 0 Å². The molecule has 0 aromatic heterocycles. The van der Waals surface area contributed by atoms with Gasteiger partial charge in [-0.2, -0.15) is 0 Å². The number of esters is 3. The lowest BCUT2D eigenvalue weighted by molar-refractivity contribution is -0.167. The SMILES string of the molecule is CC\C=C/C=C\C=C/C=C\C=C\C=C/C=C\CCCCCC(=O)OCC(COC(=O)CCC/C=C\CCCCCC)OC(=O)CCCCCCCCCCCCCCCCCC. The first-order chi connectivity index (χ1) is 30.5. The van der Waals surface area contributed by atoms with Crippen LogP contribution in [-0.2, 0) is 28.6 Å². The summed E-state index contributed by atoms with van der Waals surface area (Å²) in [6, 6.07) is 0. The first kappa shape index (κ1) is 58.3. The zero-order chi connectivity index (χ0) is 45.1. The van der Waals surface area contributed by atoms with Crippen LogP contribution in [0.5, 0.6) is 0 Å². The molecular formula is C56H92O6. The fraction of sp³-hybridized carbons (Fsp3) is 0.661. The summed E-state index contributed by atoms with van der Waals surface area (Å²) in [5.41, 5.74) is 0. The third-order valence-electron chi connectivity index (χ3n) is 10.5. The average molecular weight is 861 g/mol. The smallest absolute Gasteiger partial charge is 0.306 e. The van der Waals surface area contributed by atoms with Gasteiger partial charge in [0, 0.05) is 19.3 Å². The zero-order valence-electron chi connectivity index (χ0n) is 40.1. The van der Waals surface area contributed by atoms with Crippen LogP contribution < -0.4 is 0 Å². The van der Waals surface area contributed by atoms with Crippen molar-refractivity contribution in [3.63, 3.8) is 0 Å². The topological polar surface area (TPSA) is 78.9 Å². The van der Waals surface area contributed by atoms with Crippen LogP contribution in [0.1, 0.15) is 220 Å². The molecule has 0 aromatic carbocycles. The minimum absolute atomic E-state index is 0.107. The Labute approximate surface area is 381 Å². The number of rotatable bonds is 44. The quantitative estimate of drug-likeness (QED) is 0.0200. The predicted octanol–water partition coefficient (Wildman–Crippen LogP) is 16.6. The lowest BCUT2D eigenvalue weighted by atomic mass is 10.0. The van der Waals surface area contributed by atoms with Crippen molar-refractivity contribution < 1.29 is 28.6 Å². The van der Waals surface area contributed by atoms with E-state index < -0.39 is 6.10 Å². The van der Waals surface area contributed by atoms with Crippen LogP contribution in [0.3, 0.4) is 0 Å². The van der Waals surface area contributed by atoms with Crippen LogP contribution in [-0.4, -0.2) is 37.2 Å². The molecule has 0 aliphatic rings. The summed E-state index contributed by atoms with van der Waals surface area (Å²) in [7, 11) is 0. The van der Waals surface area contributed by atoms with Gasteiger partial charge in [-0.25, -0.2) is 0 Å². The van der Waals surface area contributed by atoms with Gasteiger partial charge < -0.3 is 14.2 Å². The molecule has 6 nitrogen and oxygen atoms in total. The lowest BCUT2D eigenvalue weighted by Gasteiger charge is -2.18. The first-order valence-electron chi connectivity index (χ1n) is 25.3. The molecule has 1 atom stereocenters. The summed E-state index contributed by atoms with van der Waals surface area (Å²) in [5, 5.41) is 0. The van der Waals surface area contributed by atoms with Gasteiger partial charge in [0.25, 0.3) is 0 Å². The third kappa shape index (κ3) is 47.4. The second-order valence-electron chi connectivity index (χ2n) is 16.5. The van der Waals surface area contributed by atoms with E-state index in [1.807, 2.05) is 72.9 Å². The van der Waals surface area contributed by atoms with E-state index in [1.54, 1.807) is 0 Å². The minimum atomic E-state index is -0.805. The fourth-order valence-corrected chi connectivity index (χ4v) is 6.72. The van der Waals surface area contributed by atoms with Gasteiger partial charge in [-0.1, -0.05) is 240 Å². The standard InChI is InChI=1S/C56H92O6/c1-4-7-10-13-16-19-21-23-25-27-28-29-31-32-34-37-40-43-46-49-55(58)61-52-53(51-60-54(57)48-45-42-39-36-18-15-12-9-6-3)62-56(59)50-47-44-41-38-35-33-30-26-24-22-20-17-14-11-8-5-2/h7,10,13,16,19,21,23,25,27-29,31-32,34,36,39,53H,4-6,8-9,11-12,14-15,17-18,20,22,24,26,30,33,35,37-38,40-52H2,1-3H3/b10-7-,16-13-,21-19-,25-23-,28-27+,31-29-,34-32-,39-36-. The van der Waals surface area contributed by atoms with Crippen molar-refractivity contribution in [1.82, 2.24) is 0 Å². The third-order valence-corrected chi connectivity index (χ3v) is 10.5. The highest BCUT2D eigenvalue weighted by molar-refractivity contribution is 5.71. The Hall–Kier alpha value is -3.67. The van der Waals surface area contributed by atoms with Crippen LogP contribution in [0.15, 0.2) is 97.2 Å². The van der Waals surface area contributed by atoms with Gasteiger partial charge in [0.05, 0.1) is 0 Å². The highest BCUT2D eigenvalue weighted by atomic mass is 16.6. The minimum Gasteiger partial charge on any atom is -0.462 e. The largest absolute Gasteiger partial charge is 0.462 e. The number of carbonyl (C=O) groups is 3. The first-order valence-corrected chi connectivity index (χ1v) is 25.3. The molecule has 0 amide bonds. The maximum atomic E-state index is 12.8. The number of hydrogen-bond donors (Lipinski definition) is 0. The summed E-state index contributed by atoms with van der Waals surface area (Å²) >= 11 is 0. The van der Waals surface area contributed by atoms with E-state index in [9.17, 15) is 14.4 Å². The van der Waals surface area contributed by atoms with E-state index in [1.165, 1.54) is 109 Å². The molecule has 1 unspecified atom stereocenters. The van der Waals surface area contributed by atoms with Crippen LogP contribution in [0.25, 0.3) is 0 Å². The Morgan fingerprint density at radius 1 is 0.339 bits per heavy atom. The summed E-state index contributed by atoms with van der Waals surface area (Å²) < 4.78 is 16.7.